The number of carbonyl (C=O) groups is 1. The summed E-state index contributed by atoms with van der Waals surface area (Å²) in [5.41, 5.74) is 0.806. The first-order valence-corrected chi connectivity index (χ1v) is 5.43. The summed E-state index contributed by atoms with van der Waals surface area (Å²) < 4.78 is 5.39. The molecule has 2 aromatic rings. The molecular weight excluding hydrogens is 272 g/mol. The van der Waals surface area contributed by atoms with Gasteiger partial charge in [0.2, 0.25) is 5.76 Å². The molecule has 0 N–H and O–H groups in total. The van der Waals surface area contributed by atoms with E-state index in [1.165, 1.54) is 4.90 Å². The van der Waals surface area contributed by atoms with E-state index in [-0.39, 0.29) is 11.7 Å². The van der Waals surface area contributed by atoms with Crippen molar-refractivity contribution in [2.75, 3.05) is 11.9 Å². The average Bonchev–Trinajstić information content (AvgIpc) is 2.75. The van der Waals surface area contributed by atoms with Gasteiger partial charge in [-0.2, -0.15) is 0 Å². The lowest BCUT2D eigenvalue weighted by Crippen LogP contribution is -2.25. The van der Waals surface area contributed by atoms with E-state index in [0.29, 0.717) is 4.60 Å². The van der Waals surface area contributed by atoms with E-state index >= 15 is 0 Å². The van der Waals surface area contributed by atoms with Crippen LogP contribution in [0.15, 0.2) is 45.5 Å². The number of nitrogens with zero attached hydrogens (tertiary/aromatic N) is 2. The molecule has 16 heavy (non-hydrogen) atoms. The van der Waals surface area contributed by atoms with Gasteiger partial charge in [-0.3, -0.25) is 4.79 Å². The van der Waals surface area contributed by atoms with Gasteiger partial charge in [-0.15, -0.1) is 0 Å². The summed E-state index contributed by atoms with van der Waals surface area (Å²) in [6.45, 7) is 0. The van der Waals surface area contributed by atoms with Crippen LogP contribution in [-0.4, -0.2) is 18.1 Å². The van der Waals surface area contributed by atoms with Crippen LogP contribution in [0, 0.1) is 0 Å². The fraction of sp³-hybridized carbons (Fsp3) is 0.0909. The lowest BCUT2D eigenvalue weighted by molar-refractivity contribution is 0.0957. The van der Waals surface area contributed by atoms with Gasteiger partial charge < -0.3 is 9.42 Å². The first-order chi connectivity index (χ1) is 7.68. The highest BCUT2D eigenvalue weighted by atomic mass is 79.9. The van der Waals surface area contributed by atoms with Crippen molar-refractivity contribution in [2.45, 2.75) is 0 Å². The van der Waals surface area contributed by atoms with Gasteiger partial charge in [0.15, 0.2) is 0 Å². The maximum atomic E-state index is 11.9. The summed E-state index contributed by atoms with van der Waals surface area (Å²) in [6, 6.07) is 10.9. The van der Waals surface area contributed by atoms with E-state index in [1.807, 2.05) is 30.3 Å². The summed E-state index contributed by atoms with van der Waals surface area (Å²) in [4.78, 5) is 13.4. The Morgan fingerprint density at radius 2 is 2.06 bits per heavy atom. The normalized spacial score (nSPS) is 10.1. The minimum absolute atomic E-state index is 0.207. The minimum Gasteiger partial charge on any atom is -0.350 e. The highest BCUT2D eigenvalue weighted by Crippen LogP contribution is 2.16. The zero-order chi connectivity index (χ0) is 11.5. The largest absolute Gasteiger partial charge is 0.350 e. The number of para-hydroxylation sites is 1. The predicted molar refractivity (Wildman–Crippen MR) is 63.4 cm³/mol. The van der Waals surface area contributed by atoms with E-state index in [2.05, 4.69) is 21.1 Å². The molecule has 2 rings (SSSR count). The topological polar surface area (TPSA) is 46.3 Å². The third kappa shape index (κ3) is 2.14. The Morgan fingerprint density at radius 3 is 2.62 bits per heavy atom. The van der Waals surface area contributed by atoms with Crippen molar-refractivity contribution in [3.05, 3.63) is 46.8 Å². The zero-order valence-electron chi connectivity index (χ0n) is 8.55. The molecule has 0 aliphatic rings. The Kier molecular flexibility index (Phi) is 3.05. The first kappa shape index (κ1) is 10.9. The first-order valence-electron chi connectivity index (χ1n) is 4.64. The molecule has 1 aromatic carbocycles. The number of halogens is 1. The predicted octanol–water partition coefficient (Wildman–Crippen LogP) is 2.71. The second kappa shape index (κ2) is 4.49. The van der Waals surface area contributed by atoms with E-state index in [1.54, 1.807) is 13.1 Å². The van der Waals surface area contributed by atoms with Crippen LogP contribution in [0.25, 0.3) is 0 Å². The number of hydrogen-bond acceptors (Lipinski definition) is 3. The van der Waals surface area contributed by atoms with Crippen molar-refractivity contribution in [2.24, 2.45) is 0 Å². The molecule has 82 valence electrons. The van der Waals surface area contributed by atoms with Crippen LogP contribution in [0.4, 0.5) is 5.69 Å². The SMILES string of the molecule is CN(C(=O)c1cc(Br)no1)c1ccccc1. The van der Waals surface area contributed by atoms with E-state index in [0.717, 1.165) is 5.69 Å². The van der Waals surface area contributed by atoms with Crippen LogP contribution in [0.2, 0.25) is 0 Å². The zero-order valence-corrected chi connectivity index (χ0v) is 10.1. The third-order valence-corrected chi connectivity index (χ3v) is 2.51. The maximum Gasteiger partial charge on any atom is 0.296 e. The van der Waals surface area contributed by atoms with Gasteiger partial charge in [0.1, 0.15) is 4.60 Å². The van der Waals surface area contributed by atoms with Crippen molar-refractivity contribution in [1.29, 1.82) is 0 Å². The number of hydrogen-bond donors (Lipinski definition) is 0. The second-order valence-corrected chi connectivity index (χ2v) is 4.03. The minimum atomic E-state index is -0.232. The van der Waals surface area contributed by atoms with Gasteiger partial charge >= 0.3 is 0 Å². The molecule has 0 radical (unpaired) electrons. The number of aromatic nitrogens is 1. The molecule has 4 nitrogen and oxygen atoms in total. The molecule has 0 aliphatic carbocycles. The summed E-state index contributed by atoms with van der Waals surface area (Å²) >= 11 is 3.13. The van der Waals surface area contributed by atoms with E-state index in [4.69, 9.17) is 4.52 Å². The molecule has 1 aromatic heterocycles. The lowest BCUT2D eigenvalue weighted by atomic mass is 10.3. The monoisotopic (exact) mass is 280 g/mol. The van der Waals surface area contributed by atoms with Crippen molar-refractivity contribution in [3.63, 3.8) is 0 Å². The van der Waals surface area contributed by atoms with Gasteiger partial charge in [-0.1, -0.05) is 23.4 Å². The Bertz CT molecular complexity index is 496. The quantitative estimate of drug-likeness (QED) is 0.850. The van der Waals surface area contributed by atoms with Crippen LogP contribution >= 0.6 is 15.9 Å². The Labute approximate surface area is 101 Å². The molecule has 0 fully saturated rings. The number of amides is 1. The van der Waals surface area contributed by atoms with Crippen LogP contribution in [0.1, 0.15) is 10.6 Å². The number of carbonyl (C=O) groups excluding carboxylic acids is 1. The van der Waals surface area contributed by atoms with Gasteiger partial charge in [0.05, 0.1) is 0 Å². The summed E-state index contributed by atoms with van der Waals surface area (Å²) in [5, 5.41) is 3.61. The van der Waals surface area contributed by atoms with Crippen molar-refractivity contribution >= 4 is 27.5 Å². The van der Waals surface area contributed by atoms with Crippen LogP contribution in [0.3, 0.4) is 0 Å². The molecule has 0 atom stereocenters. The van der Waals surface area contributed by atoms with E-state index in [9.17, 15) is 4.79 Å². The summed E-state index contributed by atoms with van der Waals surface area (Å²) in [5.74, 6) is -0.0253. The summed E-state index contributed by atoms with van der Waals surface area (Å²) in [6.07, 6.45) is 0. The highest BCUT2D eigenvalue weighted by Gasteiger charge is 2.17. The molecule has 0 unspecified atom stereocenters. The van der Waals surface area contributed by atoms with Crippen molar-refractivity contribution in [1.82, 2.24) is 5.16 Å². The third-order valence-electron chi connectivity index (χ3n) is 2.14. The Hall–Kier alpha value is -1.62. The molecule has 0 bridgehead atoms. The molecule has 1 heterocycles. The van der Waals surface area contributed by atoms with Gasteiger partial charge in [0.25, 0.3) is 5.91 Å². The number of rotatable bonds is 2. The molecule has 0 saturated carbocycles. The molecular formula is C11H9BrN2O2. The molecule has 0 saturated heterocycles. The van der Waals surface area contributed by atoms with Crippen LogP contribution in [-0.2, 0) is 0 Å². The molecule has 0 aliphatic heterocycles. The Balaban J connectivity index is 2.23. The second-order valence-electron chi connectivity index (χ2n) is 3.21. The van der Waals surface area contributed by atoms with Crippen molar-refractivity contribution in [3.8, 4) is 0 Å². The molecule has 0 spiro atoms. The number of anilines is 1. The van der Waals surface area contributed by atoms with Gasteiger partial charge in [-0.05, 0) is 28.1 Å². The number of benzene rings is 1. The van der Waals surface area contributed by atoms with Gasteiger partial charge in [0, 0.05) is 18.8 Å². The fourth-order valence-electron chi connectivity index (χ4n) is 1.29. The summed E-state index contributed by atoms with van der Waals surface area (Å²) in [7, 11) is 1.69. The highest BCUT2D eigenvalue weighted by molar-refractivity contribution is 9.10. The van der Waals surface area contributed by atoms with Crippen LogP contribution < -0.4 is 4.90 Å². The smallest absolute Gasteiger partial charge is 0.296 e. The average molecular weight is 281 g/mol. The maximum absolute atomic E-state index is 11.9. The fourth-order valence-corrected chi connectivity index (χ4v) is 1.57. The van der Waals surface area contributed by atoms with Gasteiger partial charge in [-0.25, -0.2) is 0 Å². The standard InChI is InChI=1S/C11H9BrN2O2/c1-14(8-5-3-2-4-6-8)11(15)9-7-10(12)13-16-9/h2-7H,1H3. The van der Waals surface area contributed by atoms with E-state index < -0.39 is 0 Å². The van der Waals surface area contributed by atoms with Crippen molar-refractivity contribution < 1.29 is 9.32 Å². The molecule has 5 heteroatoms. The molecule has 1 amide bonds. The Morgan fingerprint density at radius 1 is 1.38 bits per heavy atom. The van der Waals surface area contributed by atoms with Crippen LogP contribution in [0.5, 0.6) is 0 Å². The lowest BCUT2D eigenvalue weighted by Gasteiger charge is -2.14.